The average Bonchev–Trinajstić information content (AvgIpc) is 2.96. The maximum Gasteiger partial charge on any atom is 0.235 e. The number of carbonyl (C=O) groups is 1. The zero-order valence-corrected chi connectivity index (χ0v) is 14.7. The van der Waals surface area contributed by atoms with Crippen LogP contribution < -0.4 is 5.32 Å². The average molecular weight is 335 g/mol. The summed E-state index contributed by atoms with van der Waals surface area (Å²) in [5.74, 6) is 0.256. The van der Waals surface area contributed by atoms with Crippen molar-refractivity contribution in [2.75, 3.05) is 0 Å². The summed E-state index contributed by atoms with van der Waals surface area (Å²) < 4.78 is 12.4. The Morgan fingerprint density at radius 3 is 2.55 bits per heavy atom. The van der Waals surface area contributed by atoms with Crippen LogP contribution in [0.15, 0.2) is 35.7 Å². The van der Waals surface area contributed by atoms with Crippen LogP contribution in [0.1, 0.15) is 28.5 Å². The van der Waals surface area contributed by atoms with Gasteiger partial charge in [-0.3, -0.25) is 9.00 Å². The first kappa shape index (κ1) is 16.9. The molecule has 2 rings (SSSR count). The molecule has 2 atom stereocenters. The molecule has 118 valence electrons. The van der Waals surface area contributed by atoms with Gasteiger partial charge >= 0.3 is 0 Å². The van der Waals surface area contributed by atoms with Crippen LogP contribution in [0.25, 0.3) is 0 Å². The Kier molecular flexibility index (Phi) is 5.91. The molecule has 0 saturated heterocycles. The molecule has 0 bridgehead atoms. The van der Waals surface area contributed by atoms with Gasteiger partial charge in [-0.2, -0.15) is 0 Å². The Morgan fingerprint density at radius 1 is 1.27 bits per heavy atom. The number of benzene rings is 1. The second-order valence-corrected chi connectivity index (χ2v) is 8.25. The third-order valence-electron chi connectivity index (χ3n) is 3.37. The SMILES string of the molecule is Cc1cc(C)cc(CS(=O)C(C)C(=O)NCc2cccs2)c1. The van der Waals surface area contributed by atoms with Crippen molar-refractivity contribution < 1.29 is 9.00 Å². The molecule has 1 aromatic carbocycles. The molecule has 1 N–H and O–H groups in total. The molecular weight excluding hydrogens is 314 g/mol. The van der Waals surface area contributed by atoms with Gasteiger partial charge in [0.15, 0.2) is 0 Å². The lowest BCUT2D eigenvalue weighted by molar-refractivity contribution is -0.120. The Morgan fingerprint density at radius 2 is 1.95 bits per heavy atom. The Labute approximate surface area is 138 Å². The summed E-state index contributed by atoms with van der Waals surface area (Å²) >= 11 is 1.60. The molecule has 2 unspecified atom stereocenters. The Balaban J connectivity index is 1.91. The number of carbonyl (C=O) groups excluding carboxylic acids is 1. The van der Waals surface area contributed by atoms with Crippen molar-refractivity contribution in [1.29, 1.82) is 0 Å². The van der Waals surface area contributed by atoms with E-state index in [0.29, 0.717) is 12.3 Å². The Bertz CT molecular complexity index is 645. The molecule has 0 aliphatic carbocycles. The van der Waals surface area contributed by atoms with Crippen LogP contribution in [0.3, 0.4) is 0 Å². The predicted octanol–water partition coefficient (Wildman–Crippen LogP) is 3.32. The van der Waals surface area contributed by atoms with E-state index in [2.05, 4.69) is 11.4 Å². The molecule has 1 aromatic heterocycles. The molecule has 0 aliphatic heterocycles. The normalized spacial score (nSPS) is 13.6. The van der Waals surface area contributed by atoms with Gasteiger partial charge in [0.25, 0.3) is 0 Å². The zero-order chi connectivity index (χ0) is 16.1. The number of thiophene rings is 1. The van der Waals surface area contributed by atoms with Gasteiger partial charge in [-0.15, -0.1) is 11.3 Å². The second kappa shape index (κ2) is 7.70. The van der Waals surface area contributed by atoms with Crippen molar-refractivity contribution in [3.63, 3.8) is 0 Å². The van der Waals surface area contributed by atoms with E-state index >= 15 is 0 Å². The van der Waals surface area contributed by atoms with E-state index < -0.39 is 16.0 Å². The molecule has 0 saturated carbocycles. The summed E-state index contributed by atoms with van der Waals surface area (Å²) in [6.07, 6.45) is 0. The maximum atomic E-state index is 12.4. The summed E-state index contributed by atoms with van der Waals surface area (Å²) in [5, 5.41) is 4.31. The molecule has 0 aliphatic rings. The first-order chi connectivity index (χ1) is 10.5. The fourth-order valence-corrected chi connectivity index (χ4v) is 4.00. The molecule has 0 fully saturated rings. The molecule has 1 heterocycles. The fourth-order valence-electron chi connectivity index (χ4n) is 2.29. The molecule has 2 aromatic rings. The molecule has 0 radical (unpaired) electrons. The summed E-state index contributed by atoms with van der Waals surface area (Å²) in [5.41, 5.74) is 3.33. The van der Waals surface area contributed by atoms with E-state index in [4.69, 9.17) is 0 Å². The van der Waals surface area contributed by atoms with E-state index in [1.165, 1.54) is 0 Å². The van der Waals surface area contributed by atoms with Gasteiger partial charge in [-0.1, -0.05) is 35.4 Å². The minimum absolute atomic E-state index is 0.156. The van der Waals surface area contributed by atoms with Crippen molar-refractivity contribution in [3.8, 4) is 0 Å². The van der Waals surface area contributed by atoms with Crippen molar-refractivity contribution in [2.24, 2.45) is 0 Å². The first-order valence-corrected chi connectivity index (χ1v) is 9.46. The lowest BCUT2D eigenvalue weighted by Crippen LogP contribution is -2.35. The molecule has 5 heteroatoms. The summed E-state index contributed by atoms with van der Waals surface area (Å²) in [7, 11) is -1.22. The summed E-state index contributed by atoms with van der Waals surface area (Å²) in [6, 6.07) is 10.1. The van der Waals surface area contributed by atoms with Crippen molar-refractivity contribution in [1.82, 2.24) is 5.32 Å². The van der Waals surface area contributed by atoms with Crippen LogP contribution in [0.4, 0.5) is 0 Å². The van der Waals surface area contributed by atoms with Crippen molar-refractivity contribution >= 4 is 28.0 Å². The van der Waals surface area contributed by atoms with E-state index in [9.17, 15) is 9.00 Å². The highest BCUT2D eigenvalue weighted by molar-refractivity contribution is 7.85. The first-order valence-electron chi connectivity index (χ1n) is 7.20. The molecular formula is C17H21NO2S2. The minimum atomic E-state index is -1.22. The van der Waals surface area contributed by atoms with Gasteiger partial charge in [0.1, 0.15) is 5.25 Å². The Hall–Kier alpha value is -1.46. The van der Waals surface area contributed by atoms with Gasteiger partial charge < -0.3 is 5.32 Å². The minimum Gasteiger partial charge on any atom is -0.350 e. The monoisotopic (exact) mass is 335 g/mol. The van der Waals surface area contributed by atoms with Crippen LogP contribution in [-0.2, 0) is 27.9 Å². The predicted molar refractivity (Wildman–Crippen MR) is 93.4 cm³/mol. The highest BCUT2D eigenvalue weighted by Gasteiger charge is 2.20. The highest BCUT2D eigenvalue weighted by atomic mass is 32.2. The smallest absolute Gasteiger partial charge is 0.235 e. The lowest BCUT2D eigenvalue weighted by atomic mass is 10.1. The van der Waals surface area contributed by atoms with Crippen LogP contribution in [0.5, 0.6) is 0 Å². The number of hydrogen-bond donors (Lipinski definition) is 1. The van der Waals surface area contributed by atoms with Gasteiger partial charge in [0.05, 0.1) is 6.54 Å². The van der Waals surface area contributed by atoms with Crippen molar-refractivity contribution in [2.45, 2.75) is 38.3 Å². The molecule has 22 heavy (non-hydrogen) atoms. The third-order valence-corrected chi connectivity index (χ3v) is 5.87. The molecule has 3 nitrogen and oxygen atoms in total. The van der Waals surface area contributed by atoms with Crippen LogP contribution >= 0.6 is 11.3 Å². The van der Waals surface area contributed by atoms with E-state index in [0.717, 1.165) is 21.6 Å². The van der Waals surface area contributed by atoms with Gasteiger partial charge in [-0.25, -0.2) is 0 Å². The standard InChI is InChI=1S/C17H21NO2S2/c1-12-7-13(2)9-15(8-12)11-22(20)14(3)17(19)18-10-16-5-4-6-21-16/h4-9,14H,10-11H2,1-3H3,(H,18,19). The second-order valence-electron chi connectivity index (χ2n) is 5.46. The summed E-state index contributed by atoms with van der Waals surface area (Å²) in [6.45, 7) is 6.28. The zero-order valence-electron chi connectivity index (χ0n) is 13.1. The van der Waals surface area contributed by atoms with Gasteiger partial charge in [0, 0.05) is 21.4 Å². The number of nitrogens with one attached hydrogen (secondary N) is 1. The highest BCUT2D eigenvalue weighted by Crippen LogP contribution is 2.13. The fraction of sp³-hybridized carbons (Fsp3) is 0.353. The third kappa shape index (κ3) is 4.78. The topological polar surface area (TPSA) is 46.2 Å². The van der Waals surface area contributed by atoms with Crippen LogP contribution in [0, 0.1) is 13.8 Å². The largest absolute Gasteiger partial charge is 0.350 e. The number of amides is 1. The van der Waals surface area contributed by atoms with Gasteiger partial charge in [0.2, 0.25) is 5.91 Å². The van der Waals surface area contributed by atoms with Gasteiger partial charge in [-0.05, 0) is 37.8 Å². The lowest BCUT2D eigenvalue weighted by Gasteiger charge is -2.12. The van der Waals surface area contributed by atoms with E-state index in [-0.39, 0.29) is 5.91 Å². The molecule has 1 amide bonds. The quantitative estimate of drug-likeness (QED) is 0.880. The molecule has 0 spiro atoms. The van der Waals surface area contributed by atoms with Crippen molar-refractivity contribution in [3.05, 3.63) is 57.3 Å². The number of aryl methyl sites for hydroxylation is 2. The van der Waals surface area contributed by atoms with Crippen LogP contribution in [-0.4, -0.2) is 15.4 Å². The van der Waals surface area contributed by atoms with Crippen LogP contribution in [0.2, 0.25) is 0 Å². The summed E-state index contributed by atoms with van der Waals surface area (Å²) in [4.78, 5) is 13.2. The number of hydrogen-bond acceptors (Lipinski definition) is 3. The van der Waals surface area contributed by atoms with E-state index in [1.54, 1.807) is 18.3 Å². The number of rotatable bonds is 6. The van der Waals surface area contributed by atoms with E-state index in [1.807, 2.05) is 43.5 Å². The maximum absolute atomic E-state index is 12.4.